The summed E-state index contributed by atoms with van der Waals surface area (Å²) in [7, 11) is 0. The zero-order chi connectivity index (χ0) is 14.2. The SMILES string of the molecule is CC(C)(C)NC1=NC(c2ccc(F)cc2F)C(=O)N1. The Kier molecular flexibility index (Phi) is 3.26. The number of carbonyl (C=O) groups is 1. The first-order chi connectivity index (χ1) is 8.76. The summed E-state index contributed by atoms with van der Waals surface area (Å²) < 4.78 is 26.5. The second-order valence-corrected chi connectivity index (χ2v) is 5.41. The average molecular weight is 267 g/mol. The lowest BCUT2D eigenvalue weighted by Crippen LogP contribution is -2.46. The van der Waals surface area contributed by atoms with E-state index in [1.807, 2.05) is 20.8 Å². The number of rotatable bonds is 1. The minimum atomic E-state index is -0.981. The molecule has 1 unspecified atom stereocenters. The molecule has 4 nitrogen and oxygen atoms in total. The maximum absolute atomic E-state index is 13.6. The molecule has 19 heavy (non-hydrogen) atoms. The van der Waals surface area contributed by atoms with Crippen molar-refractivity contribution in [2.24, 2.45) is 4.99 Å². The summed E-state index contributed by atoms with van der Waals surface area (Å²) in [5.41, 5.74) is -0.216. The first kappa shape index (κ1) is 13.5. The van der Waals surface area contributed by atoms with Gasteiger partial charge in [-0.1, -0.05) is 6.07 Å². The van der Waals surface area contributed by atoms with Crippen LogP contribution in [-0.2, 0) is 4.79 Å². The Balaban J connectivity index is 2.27. The van der Waals surface area contributed by atoms with E-state index in [0.29, 0.717) is 5.96 Å². The minimum absolute atomic E-state index is 0.0598. The van der Waals surface area contributed by atoms with Gasteiger partial charge in [-0.05, 0) is 26.8 Å². The fourth-order valence-corrected chi connectivity index (χ4v) is 1.76. The first-order valence-electron chi connectivity index (χ1n) is 5.88. The van der Waals surface area contributed by atoms with Gasteiger partial charge in [-0.25, -0.2) is 13.8 Å². The Morgan fingerprint density at radius 1 is 1.32 bits per heavy atom. The highest BCUT2D eigenvalue weighted by Crippen LogP contribution is 2.24. The summed E-state index contributed by atoms with van der Waals surface area (Å²) >= 11 is 0. The van der Waals surface area contributed by atoms with Crippen LogP contribution in [0.3, 0.4) is 0 Å². The Morgan fingerprint density at radius 2 is 2.00 bits per heavy atom. The molecule has 0 saturated heterocycles. The molecular formula is C13H15F2N3O. The number of nitrogens with one attached hydrogen (secondary N) is 2. The van der Waals surface area contributed by atoms with Crippen LogP contribution < -0.4 is 10.6 Å². The van der Waals surface area contributed by atoms with E-state index in [1.165, 1.54) is 6.07 Å². The lowest BCUT2D eigenvalue weighted by atomic mass is 10.1. The van der Waals surface area contributed by atoms with E-state index in [4.69, 9.17) is 0 Å². The van der Waals surface area contributed by atoms with Crippen molar-refractivity contribution in [2.45, 2.75) is 32.4 Å². The molecule has 0 aromatic heterocycles. The molecule has 1 heterocycles. The molecule has 0 saturated carbocycles. The van der Waals surface area contributed by atoms with Crippen molar-refractivity contribution in [3.05, 3.63) is 35.4 Å². The summed E-state index contributed by atoms with van der Waals surface area (Å²) in [4.78, 5) is 15.9. The second-order valence-electron chi connectivity index (χ2n) is 5.41. The van der Waals surface area contributed by atoms with Gasteiger partial charge < -0.3 is 5.32 Å². The molecule has 102 valence electrons. The van der Waals surface area contributed by atoms with E-state index in [0.717, 1.165) is 12.1 Å². The highest BCUT2D eigenvalue weighted by Gasteiger charge is 2.31. The summed E-state index contributed by atoms with van der Waals surface area (Å²) in [5, 5.41) is 5.54. The number of hydrogen-bond acceptors (Lipinski definition) is 3. The Bertz CT molecular complexity index is 549. The highest BCUT2D eigenvalue weighted by atomic mass is 19.1. The third-order valence-electron chi connectivity index (χ3n) is 2.50. The topological polar surface area (TPSA) is 53.5 Å². The van der Waals surface area contributed by atoms with Crippen LogP contribution in [0.2, 0.25) is 0 Å². The van der Waals surface area contributed by atoms with Crippen LogP contribution in [0.15, 0.2) is 23.2 Å². The van der Waals surface area contributed by atoms with Crippen LogP contribution in [0.5, 0.6) is 0 Å². The number of nitrogens with zero attached hydrogens (tertiary/aromatic N) is 1. The molecular weight excluding hydrogens is 252 g/mol. The number of aliphatic imine (C=N–C) groups is 1. The average Bonchev–Trinajstić information content (AvgIpc) is 2.56. The van der Waals surface area contributed by atoms with Crippen LogP contribution in [0.25, 0.3) is 0 Å². The maximum Gasteiger partial charge on any atom is 0.256 e. The predicted molar refractivity (Wildman–Crippen MR) is 67.6 cm³/mol. The monoisotopic (exact) mass is 267 g/mol. The molecule has 1 aliphatic heterocycles. The molecule has 1 aromatic carbocycles. The van der Waals surface area contributed by atoms with Crippen molar-refractivity contribution in [3.63, 3.8) is 0 Å². The molecule has 1 atom stereocenters. The lowest BCUT2D eigenvalue weighted by molar-refractivity contribution is -0.120. The first-order valence-corrected chi connectivity index (χ1v) is 5.88. The third-order valence-corrected chi connectivity index (χ3v) is 2.50. The van der Waals surface area contributed by atoms with Crippen molar-refractivity contribution in [1.82, 2.24) is 10.6 Å². The van der Waals surface area contributed by atoms with Crippen LogP contribution in [0, 0.1) is 11.6 Å². The van der Waals surface area contributed by atoms with Gasteiger partial charge in [0.25, 0.3) is 5.91 Å². The summed E-state index contributed by atoms with van der Waals surface area (Å²) in [6.45, 7) is 5.73. The van der Waals surface area contributed by atoms with E-state index in [9.17, 15) is 13.6 Å². The molecule has 0 bridgehead atoms. The largest absolute Gasteiger partial charge is 0.351 e. The van der Waals surface area contributed by atoms with E-state index in [-0.39, 0.29) is 11.1 Å². The standard InChI is InChI=1S/C13H15F2N3O/c1-13(2,3)18-12-16-10(11(19)17-12)8-5-4-7(14)6-9(8)15/h4-6,10H,1-3H3,(H2,16,17,18,19). The summed E-state index contributed by atoms with van der Waals surface area (Å²) in [6.07, 6.45) is 0. The predicted octanol–water partition coefficient (Wildman–Crippen LogP) is 1.88. The molecule has 2 rings (SSSR count). The van der Waals surface area contributed by atoms with Crippen molar-refractivity contribution < 1.29 is 13.6 Å². The quantitative estimate of drug-likeness (QED) is 0.816. The van der Waals surface area contributed by atoms with Gasteiger partial charge in [0.15, 0.2) is 12.0 Å². The van der Waals surface area contributed by atoms with Crippen LogP contribution in [0.4, 0.5) is 8.78 Å². The Hall–Kier alpha value is -1.98. The molecule has 0 aliphatic carbocycles. The maximum atomic E-state index is 13.6. The van der Waals surface area contributed by atoms with E-state index < -0.39 is 23.6 Å². The van der Waals surface area contributed by atoms with Gasteiger partial charge in [-0.2, -0.15) is 0 Å². The summed E-state index contributed by atoms with van der Waals surface area (Å²) in [5.74, 6) is -1.60. The molecule has 1 amide bonds. The third kappa shape index (κ3) is 3.07. The van der Waals surface area contributed by atoms with Gasteiger partial charge in [0.1, 0.15) is 11.6 Å². The normalized spacial score (nSPS) is 19.1. The Morgan fingerprint density at radius 3 is 2.58 bits per heavy atom. The lowest BCUT2D eigenvalue weighted by Gasteiger charge is -2.21. The van der Waals surface area contributed by atoms with Gasteiger partial charge in [-0.3, -0.25) is 10.1 Å². The summed E-state index contributed by atoms with van der Waals surface area (Å²) in [6, 6.07) is 2.10. The number of amides is 1. The number of halogens is 2. The molecule has 0 fully saturated rings. The van der Waals surface area contributed by atoms with E-state index in [1.54, 1.807) is 0 Å². The molecule has 1 aromatic rings. The van der Waals surface area contributed by atoms with Crippen LogP contribution in [-0.4, -0.2) is 17.4 Å². The zero-order valence-electron chi connectivity index (χ0n) is 10.9. The van der Waals surface area contributed by atoms with E-state index >= 15 is 0 Å². The fraction of sp³-hybridized carbons (Fsp3) is 0.385. The smallest absolute Gasteiger partial charge is 0.256 e. The molecule has 1 aliphatic rings. The van der Waals surface area contributed by atoms with Gasteiger partial charge in [-0.15, -0.1) is 0 Å². The number of carbonyl (C=O) groups excluding carboxylic acids is 1. The molecule has 2 N–H and O–H groups in total. The van der Waals surface area contributed by atoms with Crippen LogP contribution >= 0.6 is 0 Å². The van der Waals surface area contributed by atoms with Gasteiger partial charge in [0.05, 0.1) is 0 Å². The van der Waals surface area contributed by atoms with Gasteiger partial charge in [0, 0.05) is 17.2 Å². The number of hydrogen-bond donors (Lipinski definition) is 2. The molecule has 0 radical (unpaired) electrons. The van der Waals surface area contributed by atoms with Crippen molar-refractivity contribution in [2.75, 3.05) is 0 Å². The Labute approximate surface area is 109 Å². The van der Waals surface area contributed by atoms with Crippen molar-refractivity contribution in [1.29, 1.82) is 0 Å². The van der Waals surface area contributed by atoms with Crippen molar-refractivity contribution >= 4 is 11.9 Å². The fourth-order valence-electron chi connectivity index (χ4n) is 1.76. The van der Waals surface area contributed by atoms with E-state index in [2.05, 4.69) is 15.6 Å². The van der Waals surface area contributed by atoms with Gasteiger partial charge >= 0.3 is 0 Å². The highest BCUT2D eigenvalue weighted by molar-refractivity contribution is 6.05. The van der Waals surface area contributed by atoms with Crippen LogP contribution in [0.1, 0.15) is 32.4 Å². The number of guanidine groups is 1. The minimum Gasteiger partial charge on any atom is -0.351 e. The second kappa shape index (κ2) is 4.60. The molecule has 6 heteroatoms. The zero-order valence-corrected chi connectivity index (χ0v) is 10.9. The molecule has 0 spiro atoms. The van der Waals surface area contributed by atoms with Gasteiger partial charge in [0.2, 0.25) is 0 Å². The van der Waals surface area contributed by atoms with Crippen molar-refractivity contribution in [3.8, 4) is 0 Å². The number of benzene rings is 1.